The summed E-state index contributed by atoms with van der Waals surface area (Å²) in [6, 6.07) is 3.81. The van der Waals surface area contributed by atoms with Gasteiger partial charge in [-0.2, -0.15) is 0 Å². The monoisotopic (exact) mass is 150 g/mol. The van der Waals surface area contributed by atoms with Gasteiger partial charge in [0.05, 0.1) is 0 Å². The van der Waals surface area contributed by atoms with E-state index in [1.165, 1.54) is 6.40 Å². The Morgan fingerprint density at radius 1 is 1.55 bits per heavy atom. The van der Waals surface area contributed by atoms with E-state index in [1.807, 2.05) is 12.1 Å². The molecule has 0 aliphatic heterocycles. The third-order valence-electron chi connectivity index (χ3n) is 1.18. The minimum Gasteiger partial charge on any atom is -0.479 e. The molecule has 0 bridgehead atoms. The van der Waals surface area contributed by atoms with Gasteiger partial charge in [0.25, 0.3) is 0 Å². The van der Waals surface area contributed by atoms with E-state index in [1.54, 1.807) is 19.4 Å². The molecule has 0 aliphatic carbocycles. The fourth-order valence-corrected chi connectivity index (χ4v) is 0.687. The number of hydrogen-bond acceptors (Lipinski definition) is 3. The molecule has 0 aliphatic rings. The van der Waals surface area contributed by atoms with Crippen LogP contribution in [-0.2, 0) is 11.3 Å². The highest BCUT2D eigenvalue weighted by atomic mass is 16.5. The second-order valence-corrected chi connectivity index (χ2v) is 2.03. The Morgan fingerprint density at radius 3 is 2.91 bits per heavy atom. The SMILES string of the molecule is C/N=C\OCc1ccncc1. The van der Waals surface area contributed by atoms with Crippen LogP contribution in [0.4, 0.5) is 0 Å². The van der Waals surface area contributed by atoms with Gasteiger partial charge in [-0.05, 0) is 17.7 Å². The van der Waals surface area contributed by atoms with Crippen LogP contribution in [0.5, 0.6) is 0 Å². The van der Waals surface area contributed by atoms with Crippen LogP contribution in [0.2, 0.25) is 0 Å². The first-order valence-electron chi connectivity index (χ1n) is 3.34. The van der Waals surface area contributed by atoms with Crippen molar-refractivity contribution in [3.8, 4) is 0 Å². The quantitative estimate of drug-likeness (QED) is 0.480. The first kappa shape index (κ1) is 7.72. The molecule has 0 unspecified atom stereocenters. The standard InChI is InChI=1S/C8H10N2O/c1-9-7-11-6-8-2-4-10-5-3-8/h2-5,7H,6H2,1H3/b9-7-. The van der Waals surface area contributed by atoms with Gasteiger partial charge in [0, 0.05) is 19.4 Å². The summed E-state index contributed by atoms with van der Waals surface area (Å²) in [4.78, 5) is 7.57. The topological polar surface area (TPSA) is 34.5 Å². The van der Waals surface area contributed by atoms with Crippen molar-refractivity contribution in [3.05, 3.63) is 30.1 Å². The number of hydrogen-bond donors (Lipinski definition) is 0. The Kier molecular flexibility index (Phi) is 3.12. The molecule has 0 atom stereocenters. The van der Waals surface area contributed by atoms with E-state index in [2.05, 4.69) is 9.98 Å². The van der Waals surface area contributed by atoms with Crippen LogP contribution < -0.4 is 0 Å². The Morgan fingerprint density at radius 2 is 2.27 bits per heavy atom. The van der Waals surface area contributed by atoms with Crippen molar-refractivity contribution in [3.63, 3.8) is 0 Å². The molecule has 3 nitrogen and oxygen atoms in total. The van der Waals surface area contributed by atoms with Crippen molar-refractivity contribution >= 4 is 6.40 Å². The third kappa shape index (κ3) is 2.80. The smallest absolute Gasteiger partial charge is 0.169 e. The molecule has 0 amide bonds. The lowest BCUT2D eigenvalue weighted by Crippen LogP contribution is -1.89. The summed E-state index contributed by atoms with van der Waals surface area (Å²) in [7, 11) is 1.67. The van der Waals surface area contributed by atoms with Crippen LogP contribution in [0, 0.1) is 0 Å². The van der Waals surface area contributed by atoms with Crippen LogP contribution in [0.3, 0.4) is 0 Å². The fraction of sp³-hybridized carbons (Fsp3) is 0.250. The Bertz CT molecular complexity index is 221. The van der Waals surface area contributed by atoms with Crippen LogP contribution in [-0.4, -0.2) is 18.4 Å². The number of ether oxygens (including phenoxy) is 1. The van der Waals surface area contributed by atoms with E-state index >= 15 is 0 Å². The minimum absolute atomic E-state index is 0.555. The van der Waals surface area contributed by atoms with Crippen LogP contribution in [0.25, 0.3) is 0 Å². The third-order valence-corrected chi connectivity index (χ3v) is 1.18. The Balaban J connectivity index is 2.39. The number of pyridine rings is 1. The van der Waals surface area contributed by atoms with Crippen molar-refractivity contribution in [2.45, 2.75) is 6.61 Å². The van der Waals surface area contributed by atoms with Crippen molar-refractivity contribution in [1.29, 1.82) is 0 Å². The molecule has 1 aromatic heterocycles. The van der Waals surface area contributed by atoms with Gasteiger partial charge in [-0.15, -0.1) is 0 Å². The van der Waals surface area contributed by atoms with Gasteiger partial charge in [0.15, 0.2) is 6.40 Å². The summed E-state index contributed by atoms with van der Waals surface area (Å²) in [5.74, 6) is 0. The first-order valence-corrected chi connectivity index (χ1v) is 3.34. The molecule has 1 heterocycles. The zero-order chi connectivity index (χ0) is 7.94. The molecule has 0 saturated heterocycles. The lowest BCUT2D eigenvalue weighted by Gasteiger charge is -1.97. The molecule has 0 fully saturated rings. The molecule has 3 heteroatoms. The van der Waals surface area contributed by atoms with Gasteiger partial charge in [0.2, 0.25) is 0 Å². The summed E-state index contributed by atoms with van der Waals surface area (Å²) >= 11 is 0. The second kappa shape index (κ2) is 4.44. The zero-order valence-corrected chi connectivity index (χ0v) is 6.40. The summed E-state index contributed by atoms with van der Waals surface area (Å²) in [6.07, 6.45) is 4.91. The summed E-state index contributed by atoms with van der Waals surface area (Å²) in [6.45, 7) is 0.555. The van der Waals surface area contributed by atoms with Gasteiger partial charge in [-0.1, -0.05) is 0 Å². The Hall–Kier alpha value is -1.38. The molecule has 1 aromatic rings. The molecule has 11 heavy (non-hydrogen) atoms. The molecular formula is C8H10N2O. The largest absolute Gasteiger partial charge is 0.479 e. The average Bonchev–Trinajstić information content (AvgIpc) is 2.07. The van der Waals surface area contributed by atoms with E-state index in [4.69, 9.17) is 4.74 Å². The maximum Gasteiger partial charge on any atom is 0.169 e. The van der Waals surface area contributed by atoms with E-state index in [-0.39, 0.29) is 0 Å². The van der Waals surface area contributed by atoms with Gasteiger partial charge in [-0.3, -0.25) is 9.98 Å². The molecule has 1 rings (SSSR count). The number of rotatable bonds is 3. The molecule has 0 saturated carbocycles. The second-order valence-electron chi connectivity index (χ2n) is 2.03. The van der Waals surface area contributed by atoms with Crippen molar-refractivity contribution in [2.24, 2.45) is 4.99 Å². The fourth-order valence-electron chi connectivity index (χ4n) is 0.687. The first-order chi connectivity index (χ1) is 5.43. The molecular weight excluding hydrogens is 140 g/mol. The van der Waals surface area contributed by atoms with Gasteiger partial charge < -0.3 is 4.74 Å². The van der Waals surface area contributed by atoms with E-state index in [0.29, 0.717) is 6.61 Å². The highest BCUT2D eigenvalue weighted by Gasteiger charge is 1.87. The average molecular weight is 150 g/mol. The number of aromatic nitrogens is 1. The zero-order valence-electron chi connectivity index (χ0n) is 6.40. The number of nitrogens with zero attached hydrogens (tertiary/aromatic N) is 2. The lowest BCUT2D eigenvalue weighted by molar-refractivity contribution is 0.307. The lowest BCUT2D eigenvalue weighted by atomic mass is 10.3. The molecule has 58 valence electrons. The molecule has 0 radical (unpaired) electrons. The maximum absolute atomic E-state index is 5.05. The van der Waals surface area contributed by atoms with Crippen molar-refractivity contribution < 1.29 is 4.74 Å². The number of aliphatic imine (C=N–C) groups is 1. The highest BCUT2D eigenvalue weighted by molar-refractivity contribution is 5.45. The molecule has 0 spiro atoms. The van der Waals surface area contributed by atoms with Crippen LogP contribution in [0.1, 0.15) is 5.56 Å². The van der Waals surface area contributed by atoms with Gasteiger partial charge >= 0.3 is 0 Å². The van der Waals surface area contributed by atoms with Gasteiger partial charge in [-0.25, -0.2) is 0 Å². The maximum atomic E-state index is 5.05. The van der Waals surface area contributed by atoms with Crippen molar-refractivity contribution in [1.82, 2.24) is 4.98 Å². The Labute approximate surface area is 65.8 Å². The predicted molar refractivity (Wildman–Crippen MR) is 43.4 cm³/mol. The predicted octanol–water partition coefficient (Wildman–Crippen LogP) is 1.26. The normalized spacial score (nSPS) is 10.3. The van der Waals surface area contributed by atoms with Crippen LogP contribution in [0.15, 0.2) is 29.5 Å². The van der Waals surface area contributed by atoms with Crippen LogP contribution >= 0.6 is 0 Å². The van der Waals surface area contributed by atoms with Crippen molar-refractivity contribution in [2.75, 3.05) is 7.05 Å². The molecule has 0 N–H and O–H groups in total. The van der Waals surface area contributed by atoms with E-state index in [0.717, 1.165) is 5.56 Å². The van der Waals surface area contributed by atoms with E-state index in [9.17, 15) is 0 Å². The molecule has 0 aromatic carbocycles. The highest BCUT2D eigenvalue weighted by Crippen LogP contribution is 1.96. The summed E-state index contributed by atoms with van der Waals surface area (Å²) < 4.78 is 5.05. The summed E-state index contributed by atoms with van der Waals surface area (Å²) in [5.41, 5.74) is 1.10. The van der Waals surface area contributed by atoms with Gasteiger partial charge in [0.1, 0.15) is 6.61 Å². The van der Waals surface area contributed by atoms with E-state index < -0.39 is 0 Å². The minimum atomic E-state index is 0.555. The summed E-state index contributed by atoms with van der Waals surface area (Å²) in [5, 5.41) is 0.